The summed E-state index contributed by atoms with van der Waals surface area (Å²) in [5.74, 6) is -0.388. The van der Waals surface area contributed by atoms with E-state index in [0.29, 0.717) is 16.5 Å². The number of sulfonamides is 1. The van der Waals surface area contributed by atoms with Crippen molar-refractivity contribution in [3.8, 4) is 5.75 Å². The van der Waals surface area contributed by atoms with E-state index in [2.05, 4.69) is 5.32 Å². The van der Waals surface area contributed by atoms with Crippen LogP contribution in [0.3, 0.4) is 0 Å². The predicted octanol–water partition coefficient (Wildman–Crippen LogP) is 4.88. The van der Waals surface area contributed by atoms with Gasteiger partial charge in [-0.05, 0) is 81.8 Å². The maximum Gasteiger partial charge on any atom is 0.264 e. The van der Waals surface area contributed by atoms with Crippen molar-refractivity contribution in [1.82, 2.24) is 10.2 Å². The van der Waals surface area contributed by atoms with E-state index in [1.54, 1.807) is 73.7 Å². The molecule has 0 heterocycles. The molecule has 0 saturated carbocycles. The topological polar surface area (TPSA) is 96.0 Å². The second-order valence-corrected chi connectivity index (χ2v) is 12.4. The zero-order valence-corrected chi connectivity index (χ0v) is 24.3. The van der Waals surface area contributed by atoms with Crippen LogP contribution in [0.15, 0.2) is 83.8 Å². The van der Waals surface area contributed by atoms with Crippen molar-refractivity contribution in [3.63, 3.8) is 0 Å². The third-order valence-electron chi connectivity index (χ3n) is 5.90. The summed E-state index contributed by atoms with van der Waals surface area (Å²) in [7, 11) is -2.66. The van der Waals surface area contributed by atoms with Gasteiger partial charge in [-0.2, -0.15) is 0 Å². The van der Waals surface area contributed by atoms with E-state index in [4.69, 9.17) is 16.3 Å². The van der Waals surface area contributed by atoms with Crippen LogP contribution in [-0.2, 0) is 26.2 Å². The quantitative estimate of drug-likeness (QED) is 0.374. The van der Waals surface area contributed by atoms with E-state index in [0.717, 1.165) is 9.87 Å². The maximum atomic E-state index is 13.9. The molecule has 0 aliphatic carbocycles. The van der Waals surface area contributed by atoms with Crippen molar-refractivity contribution < 1.29 is 22.7 Å². The Morgan fingerprint density at radius 3 is 2.08 bits per heavy atom. The number of carbonyl (C=O) groups is 2. The minimum absolute atomic E-state index is 0.00253. The van der Waals surface area contributed by atoms with E-state index in [1.807, 2.05) is 20.8 Å². The lowest BCUT2D eigenvalue weighted by atomic mass is 10.1. The third-order valence-corrected chi connectivity index (χ3v) is 7.94. The zero-order chi connectivity index (χ0) is 28.8. The van der Waals surface area contributed by atoms with Crippen LogP contribution in [0.1, 0.15) is 33.3 Å². The van der Waals surface area contributed by atoms with Crippen LogP contribution >= 0.6 is 11.6 Å². The first-order valence-electron chi connectivity index (χ1n) is 12.4. The number of nitrogens with one attached hydrogen (secondary N) is 1. The average molecular weight is 572 g/mol. The average Bonchev–Trinajstić information content (AvgIpc) is 2.90. The van der Waals surface area contributed by atoms with Crippen molar-refractivity contribution in [2.45, 2.75) is 50.7 Å². The van der Waals surface area contributed by atoms with Gasteiger partial charge in [0.25, 0.3) is 10.0 Å². The molecule has 3 aromatic carbocycles. The number of carbonyl (C=O) groups excluding carboxylic acids is 2. The molecule has 1 N–H and O–H groups in total. The first-order chi connectivity index (χ1) is 18.3. The Morgan fingerprint density at radius 2 is 1.54 bits per heavy atom. The lowest BCUT2D eigenvalue weighted by molar-refractivity contribution is -0.140. The minimum atomic E-state index is -4.15. The van der Waals surface area contributed by atoms with Gasteiger partial charge in [-0.3, -0.25) is 13.9 Å². The zero-order valence-electron chi connectivity index (χ0n) is 22.7. The summed E-state index contributed by atoms with van der Waals surface area (Å²) in [5.41, 5.74) is 0.543. The van der Waals surface area contributed by atoms with Crippen LogP contribution in [-0.4, -0.2) is 50.4 Å². The van der Waals surface area contributed by atoms with Crippen molar-refractivity contribution in [2.24, 2.45) is 0 Å². The fourth-order valence-electron chi connectivity index (χ4n) is 3.84. The highest BCUT2D eigenvalue weighted by molar-refractivity contribution is 7.92. The van der Waals surface area contributed by atoms with Gasteiger partial charge in [0.2, 0.25) is 11.8 Å². The molecule has 0 aliphatic rings. The summed E-state index contributed by atoms with van der Waals surface area (Å²) in [5, 5.41) is 3.44. The van der Waals surface area contributed by atoms with Crippen molar-refractivity contribution >= 4 is 39.1 Å². The number of hydrogen-bond acceptors (Lipinski definition) is 5. The Morgan fingerprint density at radius 1 is 0.949 bits per heavy atom. The van der Waals surface area contributed by atoms with Gasteiger partial charge in [-0.15, -0.1) is 0 Å². The molecule has 8 nitrogen and oxygen atoms in total. The van der Waals surface area contributed by atoms with Gasteiger partial charge in [0.15, 0.2) is 0 Å². The number of para-hydroxylation sites is 1. The summed E-state index contributed by atoms with van der Waals surface area (Å²) >= 11 is 6.03. The molecule has 39 heavy (non-hydrogen) atoms. The number of nitrogens with zero attached hydrogens (tertiary/aromatic N) is 2. The highest BCUT2D eigenvalue weighted by atomic mass is 35.5. The fraction of sp³-hybridized carbons (Fsp3) is 0.310. The number of amides is 2. The minimum Gasteiger partial charge on any atom is -0.497 e. The maximum absolute atomic E-state index is 13.9. The Kier molecular flexibility index (Phi) is 9.63. The van der Waals surface area contributed by atoms with E-state index in [1.165, 1.54) is 24.1 Å². The Labute approximate surface area is 235 Å². The first kappa shape index (κ1) is 30.0. The van der Waals surface area contributed by atoms with Crippen LogP contribution in [0.4, 0.5) is 5.69 Å². The van der Waals surface area contributed by atoms with Gasteiger partial charge in [0, 0.05) is 17.1 Å². The fourth-order valence-corrected chi connectivity index (χ4v) is 5.38. The monoisotopic (exact) mass is 571 g/mol. The number of rotatable bonds is 10. The molecule has 3 aromatic rings. The standard InChI is InChI=1S/C29H34ClN3O5S/c1-21(28(35)31-29(2,3)4)32(19-22-11-13-23(30)14-12-22)27(34)20-33(24-9-7-6-8-10-24)39(36,37)26-17-15-25(38-5)16-18-26/h6-18,21H,19-20H2,1-5H3,(H,31,35)/t21-/m0/s1. The van der Waals surface area contributed by atoms with Gasteiger partial charge in [0.05, 0.1) is 17.7 Å². The van der Waals surface area contributed by atoms with Gasteiger partial charge in [-0.25, -0.2) is 8.42 Å². The molecule has 2 amide bonds. The Hall–Kier alpha value is -3.56. The Balaban J connectivity index is 2.00. The summed E-state index contributed by atoms with van der Waals surface area (Å²) in [6.45, 7) is 6.74. The molecular formula is C29H34ClN3O5S. The summed E-state index contributed by atoms with van der Waals surface area (Å²) in [4.78, 5) is 28.4. The highest BCUT2D eigenvalue weighted by Crippen LogP contribution is 2.26. The van der Waals surface area contributed by atoms with Crippen LogP contribution in [0, 0.1) is 0 Å². The second kappa shape index (κ2) is 12.5. The molecule has 1 atom stereocenters. The van der Waals surface area contributed by atoms with Gasteiger partial charge in [-0.1, -0.05) is 41.9 Å². The molecule has 0 radical (unpaired) electrons. The van der Waals surface area contributed by atoms with Crippen LogP contribution in [0.25, 0.3) is 0 Å². The second-order valence-electron chi connectivity index (χ2n) is 10.1. The summed E-state index contributed by atoms with van der Waals surface area (Å²) in [6.07, 6.45) is 0. The number of hydrogen-bond donors (Lipinski definition) is 1. The molecular weight excluding hydrogens is 538 g/mol. The highest BCUT2D eigenvalue weighted by Gasteiger charge is 2.33. The molecule has 0 aliphatic heterocycles. The van der Waals surface area contributed by atoms with E-state index < -0.39 is 34.1 Å². The predicted molar refractivity (Wildman–Crippen MR) is 153 cm³/mol. The molecule has 0 unspecified atom stereocenters. The van der Waals surface area contributed by atoms with Crippen LogP contribution in [0.2, 0.25) is 5.02 Å². The lowest BCUT2D eigenvalue weighted by Crippen LogP contribution is -2.54. The SMILES string of the molecule is COc1ccc(S(=O)(=O)N(CC(=O)N(Cc2ccc(Cl)cc2)[C@@H](C)C(=O)NC(C)(C)C)c2ccccc2)cc1. The number of benzene rings is 3. The summed E-state index contributed by atoms with van der Waals surface area (Å²) < 4.78 is 33.8. The molecule has 208 valence electrons. The van der Waals surface area contributed by atoms with Crippen LogP contribution in [0.5, 0.6) is 5.75 Å². The van der Waals surface area contributed by atoms with Crippen molar-refractivity contribution in [1.29, 1.82) is 0 Å². The van der Waals surface area contributed by atoms with Crippen molar-refractivity contribution in [2.75, 3.05) is 18.0 Å². The van der Waals surface area contributed by atoms with Gasteiger partial charge >= 0.3 is 0 Å². The first-order valence-corrected chi connectivity index (χ1v) is 14.2. The smallest absolute Gasteiger partial charge is 0.264 e. The van der Waals surface area contributed by atoms with E-state index in [-0.39, 0.29) is 17.3 Å². The molecule has 10 heteroatoms. The molecule has 0 aromatic heterocycles. The number of anilines is 1. The molecule has 0 bridgehead atoms. The number of ether oxygens (including phenoxy) is 1. The third kappa shape index (κ3) is 7.97. The molecule has 0 spiro atoms. The van der Waals surface area contributed by atoms with E-state index >= 15 is 0 Å². The molecule has 3 rings (SSSR count). The van der Waals surface area contributed by atoms with Gasteiger partial charge < -0.3 is 15.0 Å². The normalized spacial score (nSPS) is 12.4. The van der Waals surface area contributed by atoms with Crippen LogP contribution < -0.4 is 14.4 Å². The number of halogens is 1. The van der Waals surface area contributed by atoms with Gasteiger partial charge in [0.1, 0.15) is 18.3 Å². The molecule has 0 fully saturated rings. The van der Waals surface area contributed by atoms with Crippen molar-refractivity contribution in [3.05, 3.63) is 89.4 Å². The Bertz CT molecular complexity index is 1370. The summed E-state index contributed by atoms with van der Waals surface area (Å²) in [6, 6.07) is 20.4. The lowest BCUT2D eigenvalue weighted by Gasteiger charge is -2.33. The van der Waals surface area contributed by atoms with E-state index in [9.17, 15) is 18.0 Å². The largest absolute Gasteiger partial charge is 0.497 e. The molecule has 0 saturated heterocycles. The number of methoxy groups -OCH3 is 1.